The maximum absolute atomic E-state index is 12.9. The van der Waals surface area contributed by atoms with Gasteiger partial charge in [0.2, 0.25) is 5.95 Å². The van der Waals surface area contributed by atoms with E-state index in [9.17, 15) is 4.39 Å². The summed E-state index contributed by atoms with van der Waals surface area (Å²) in [5.41, 5.74) is 6.96. The molecule has 76 valence electrons. The van der Waals surface area contributed by atoms with Crippen LogP contribution in [0.4, 0.5) is 10.3 Å². The number of hydrogen-bond donors (Lipinski definition) is 1. The average molecular weight is 204 g/mol. The molecular formula is C10H9FN4. The van der Waals surface area contributed by atoms with Crippen LogP contribution >= 0.6 is 0 Å². The van der Waals surface area contributed by atoms with Crippen molar-refractivity contribution in [2.45, 2.75) is 6.92 Å². The summed E-state index contributed by atoms with van der Waals surface area (Å²) < 4.78 is 12.9. The van der Waals surface area contributed by atoms with Gasteiger partial charge in [0.1, 0.15) is 12.1 Å². The third-order valence-corrected chi connectivity index (χ3v) is 2.02. The van der Waals surface area contributed by atoms with Crippen LogP contribution in [0.15, 0.2) is 24.5 Å². The number of hydrogen-bond acceptors (Lipinski definition) is 4. The second-order valence-corrected chi connectivity index (χ2v) is 3.13. The van der Waals surface area contributed by atoms with Crippen molar-refractivity contribution in [1.29, 1.82) is 0 Å². The molecule has 0 spiro atoms. The van der Waals surface area contributed by atoms with Crippen LogP contribution in [0.5, 0.6) is 0 Å². The number of aryl methyl sites for hydroxylation is 1. The van der Waals surface area contributed by atoms with E-state index in [2.05, 4.69) is 15.0 Å². The van der Waals surface area contributed by atoms with E-state index in [1.54, 1.807) is 13.0 Å². The van der Waals surface area contributed by atoms with E-state index in [0.717, 1.165) is 11.1 Å². The van der Waals surface area contributed by atoms with Crippen LogP contribution in [0.25, 0.3) is 11.4 Å². The van der Waals surface area contributed by atoms with Crippen LogP contribution in [-0.2, 0) is 0 Å². The molecule has 4 nitrogen and oxygen atoms in total. The van der Waals surface area contributed by atoms with Gasteiger partial charge in [0.05, 0.1) is 0 Å². The monoisotopic (exact) mass is 204 g/mol. The summed E-state index contributed by atoms with van der Waals surface area (Å²) in [4.78, 5) is 11.6. The highest BCUT2D eigenvalue weighted by Crippen LogP contribution is 2.20. The molecule has 0 aliphatic carbocycles. The Morgan fingerprint density at radius 2 is 2.07 bits per heavy atom. The Labute approximate surface area is 86.0 Å². The van der Waals surface area contributed by atoms with Crippen LogP contribution in [0.3, 0.4) is 0 Å². The minimum atomic E-state index is -0.279. The van der Waals surface area contributed by atoms with Gasteiger partial charge in [0.25, 0.3) is 0 Å². The zero-order chi connectivity index (χ0) is 10.8. The Balaban J connectivity index is 2.54. The van der Waals surface area contributed by atoms with Gasteiger partial charge < -0.3 is 5.73 Å². The van der Waals surface area contributed by atoms with Crippen molar-refractivity contribution in [3.8, 4) is 11.4 Å². The largest absolute Gasteiger partial charge is 0.368 e. The molecular weight excluding hydrogens is 195 g/mol. The van der Waals surface area contributed by atoms with Gasteiger partial charge in [0, 0.05) is 5.56 Å². The van der Waals surface area contributed by atoms with E-state index in [-0.39, 0.29) is 11.8 Å². The van der Waals surface area contributed by atoms with Crippen molar-refractivity contribution in [3.05, 3.63) is 35.9 Å². The molecule has 0 radical (unpaired) electrons. The fourth-order valence-corrected chi connectivity index (χ4v) is 1.32. The van der Waals surface area contributed by atoms with Gasteiger partial charge >= 0.3 is 0 Å². The molecule has 15 heavy (non-hydrogen) atoms. The molecule has 0 unspecified atom stereocenters. The van der Waals surface area contributed by atoms with Crippen LogP contribution in [-0.4, -0.2) is 15.0 Å². The highest BCUT2D eigenvalue weighted by atomic mass is 19.1. The smallest absolute Gasteiger partial charge is 0.223 e. The molecule has 0 fully saturated rings. The van der Waals surface area contributed by atoms with Crippen LogP contribution < -0.4 is 5.73 Å². The minimum Gasteiger partial charge on any atom is -0.368 e. The Hall–Kier alpha value is -2.04. The molecule has 1 heterocycles. The van der Waals surface area contributed by atoms with Crippen molar-refractivity contribution in [3.63, 3.8) is 0 Å². The fourth-order valence-electron chi connectivity index (χ4n) is 1.32. The van der Waals surface area contributed by atoms with Gasteiger partial charge in [-0.3, -0.25) is 0 Å². The summed E-state index contributed by atoms with van der Waals surface area (Å²) in [7, 11) is 0. The number of nitrogens with zero attached hydrogens (tertiary/aromatic N) is 3. The summed E-state index contributed by atoms with van der Waals surface area (Å²) in [5.74, 6) is 0.335. The third-order valence-electron chi connectivity index (χ3n) is 2.02. The molecule has 5 heteroatoms. The molecule has 2 rings (SSSR count). The van der Waals surface area contributed by atoms with Gasteiger partial charge in [-0.1, -0.05) is 0 Å². The summed E-state index contributed by atoms with van der Waals surface area (Å²) in [6, 6.07) is 4.41. The topological polar surface area (TPSA) is 64.7 Å². The first-order valence-electron chi connectivity index (χ1n) is 4.38. The number of anilines is 1. The first kappa shape index (κ1) is 9.51. The van der Waals surface area contributed by atoms with E-state index in [4.69, 9.17) is 5.73 Å². The van der Waals surface area contributed by atoms with E-state index < -0.39 is 0 Å². The minimum absolute atomic E-state index is 0.156. The van der Waals surface area contributed by atoms with Gasteiger partial charge in [-0.15, -0.1) is 0 Å². The van der Waals surface area contributed by atoms with Gasteiger partial charge in [-0.2, -0.15) is 4.98 Å². The van der Waals surface area contributed by atoms with Crippen LogP contribution in [0.2, 0.25) is 0 Å². The first-order chi connectivity index (χ1) is 7.16. The van der Waals surface area contributed by atoms with Gasteiger partial charge in [-0.05, 0) is 30.7 Å². The molecule has 2 aromatic rings. The van der Waals surface area contributed by atoms with E-state index in [1.807, 2.05) is 0 Å². The summed E-state index contributed by atoms with van der Waals surface area (Å²) in [6.07, 6.45) is 1.33. The zero-order valence-electron chi connectivity index (χ0n) is 8.11. The Kier molecular flexibility index (Phi) is 2.29. The Morgan fingerprint density at radius 1 is 1.27 bits per heavy atom. The van der Waals surface area contributed by atoms with Crippen molar-refractivity contribution >= 4 is 5.95 Å². The molecule has 0 bridgehead atoms. The number of halogens is 1. The predicted octanol–water partition coefficient (Wildman–Crippen LogP) is 1.57. The van der Waals surface area contributed by atoms with Gasteiger partial charge in [0.15, 0.2) is 5.82 Å². The number of aromatic nitrogens is 3. The molecule has 0 atom stereocenters. The van der Waals surface area contributed by atoms with Crippen molar-refractivity contribution in [2.24, 2.45) is 0 Å². The molecule has 1 aromatic carbocycles. The van der Waals surface area contributed by atoms with Crippen LogP contribution in [0.1, 0.15) is 5.56 Å². The predicted molar refractivity (Wildman–Crippen MR) is 54.4 cm³/mol. The highest BCUT2D eigenvalue weighted by molar-refractivity contribution is 5.60. The lowest BCUT2D eigenvalue weighted by Gasteiger charge is -2.03. The summed E-state index contributed by atoms with van der Waals surface area (Å²) in [5, 5.41) is 0. The Morgan fingerprint density at radius 3 is 2.73 bits per heavy atom. The lowest BCUT2D eigenvalue weighted by atomic mass is 10.1. The van der Waals surface area contributed by atoms with Crippen molar-refractivity contribution in [2.75, 3.05) is 5.73 Å². The average Bonchev–Trinajstić information content (AvgIpc) is 2.17. The quantitative estimate of drug-likeness (QED) is 0.765. The fraction of sp³-hybridized carbons (Fsp3) is 0.100. The lowest BCUT2D eigenvalue weighted by Crippen LogP contribution is -1.99. The lowest BCUT2D eigenvalue weighted by molar-refractivity contribution is 0.627. The molecule has 0 amide bonds. The number of nitrogen functional groups attached to an aromatic ring is 1. The number of rotatable bonds is 1. The SMILES string of the molecule is Cc1cc(F)ccc1-c1ncnc(N)n1. The van der Waals surface area contributed by atoms with E-state index in [0.29, 0.717) is 5.82 Å². The third kappa shape index (κ3) is 1.90. The molecule has 0 saturated carbocycles. The molecule has 0 aliphatic heterocycles. The number of benzene rings is 1. The van der Waals surface area contributed by atoms with E-state index in [1.165, 1.54) is 18.5 Å². The highest BCUT2D eigenvalue weighted by Gasteiger charge is 2.06. The maximum atomic E-state index is 12.9. The standard InChI is InChI=1S/C10H9FN4/c1-6-4-7(11)2-3-8(6)9-13-5-14-10(12)15-9/h2-5H,1H3,(H2,12,13,14,15). The molecule has 0 aliphatic rings. The molecule has 2 N–H and O–H groups in total. The maximum Gasteiger partial charge on any atom is 0.223 e. The van der Waals surface area contributed by atoms with Crippen LogP contribution in [0, 0.1) is 12.7 Å². The summed E-state index contributed by atoms with van der Waals surface area (Å²) in [6.45, 7) is 1.79. The summed E-state index contributed by atoms with van der Waals surface area (Å²) >= 11 is 0. The van der Waals surface area contributed by atoms with E-state index >= 15 is 0 Å². The molecule has 1 aromatic heterocycles. The first-order valence-corrected chi connectivity index (χ1v) is 4.38. The Bertz CT molecular complexity index is 499. The molecule has 0 saturated heterocycles. The second-order valence-electron chi connectivity index (χ2n) is 3.13. The number of nitrogens with two attached hydrogens (primary N) is 1. The zero-order valence-corrected chi connectivity index (χ0v) is 8.11. The second kappa shape index (κ2) is 3.61. The van der Waals surface area contributed by atoms with Crippen molar-refractivity contribution in [1.82, 2.24) is 15.0 Å². The van der Waals surface area contributed by atoms with Crippen molar-refractivity contribution < 1.29 is 4.39 Å². The van der Waals surface area contributed by atoms with Gasteiger partial charge in [-0.25, -0.2) is 14.4 Å². The normalized spacial score (nSPS) is 10.3.